The molecule has 0 saturated heterocycles. The Morgan fingerprint density at radius 2 is 0.631 bits per heavy atom. The molecule has 0 nitrogen and oxygen atoms in total. The lowest BCUT2D eigenvalue weighted by Gasteiger charge is -2.02. The van der Waals surface area contributed by atoms with Crippen LogP contribution < -0.4 is 0 Å². The summed E-state index contributed by atoms with van der Waals surface area (Å²) in [5, 5.41) is 2.30. The fraction of sp³-hybridized carbons (Fsp3) is 0.439. The van der Waals surface area contributed by atoms with Crippen LogP contribution in [0.25, 0.3) is 68.3 Å². The fourth-order valence-corrected chi connectivity index (χ4v) is 18.3. The zero-order valence-corrected chi connectivity index (χ0v) is 45.9. The van der Waals surface area contributed by atoms with Gasteiger partial charge in [0.25, 0.3) is 0 Å². The van der Waals surface area contributed by atoms with Crippen molar-refractivity contribution in [3.63, 3.8) is 0 Å². The molecule has 8 aromatic rings. The molecule has 0 aliphatic rings. The molecule has 0 amide bonds. The van der Waals surface area contributed by atoms with Crippen molar-refractivity contribution in [1.82, 2.24) is 0 Å². The molecule has 8 rings (SSSR count). The van der Waals surface area contributed by atoms with E-state index >= 15 is 0 Å². The third-order valence-electron chi connectivity index (χ3n) is 12.5. The monoisotopic (exact) mass is 1010 g/mol. The summed E-state index contributed by atoms with van der Waals surface area (Å²) in [6, 6.07) is 29.2. The highest BCUT2D eigenvalue weighted by Gasteiger charge is 2.21. The van der Waals surface area contributed by atoms with Gasteiger partial charge in [0.15, 0.2) is 0 Å². The minimum Gasteiger partial charge on any atom is -0.143 e. The maximum Gasteiger partial charge on any atom is 0.0481 e. The zero-order chi connectivity index (χ0) is 45.0. The molecular formula is C57H68S8. The largest absolute Gasteiger partial charge is 0.143 e. The third kappa shape index (κ3) is 12.6. The van der Waals surface area contributed by atoms with Gasteiger partial charge in [-0.15, -0.1) is 90.7 Å². The number of hydrogen-bond donors (Lipinski definition) is 0. The number of unbranched alkanes of at least 4 members (excludes halogenated alkanes) is 12. The predicted octanol–water partition coefficient (Wildman–Crippen LogP) is 22.6. The van der Waals surface area contributed by atoms with E-state index in [1.54, 1.807) is 16.7 Å². The van der Waals surface area contributed by atoms with Crippen LogP contribution in [0, 0.1) is 6.92 Å². The number of aryl methyl sites for hydroxylation is 5. The maximum atomic E-state index is 2.59. The van der Waals surface area contributed by atoms with Crippen LogP contribution in [0.3, 0.4) is 0 Å². The van der Waals surface area contributed by atoms with Crippen LogP contribution in [0.2, 0.25) is 0 Å². The third-order valence-corrected chi connectivity index (χ3v) is 22.6. The Bertz CT molecular complexity index is 2650. The summed E-state index contributed by atoms with van der Waals surface area (Å²) < 4.78 is 0. The van der Waals surface area contributed by atoms with Crippen molar-refractivity contribution in [3.8, 4) is 68.3 Å². The second kappa shape index (κ2) is 24.8. The van der Waals surface area contributed by atoms with Crippen LogP contribution in [-0.2, 0) is 25.7 Å². The molecule has 8 heterocycles. The molecule has 0 aromatic carbocycles. The molecule has 8 aromatic heterocycles. The van der Waals surface area contributed by atoms with Gasteiger partial charge in [0.05, 0.1) is 0 Å². The normalized spacial score (nSPS) is 11.8. The van der Waals surface area contributed by atoms with Crippen molar-refractivity contribution in [2.45, 2.75) is 163 Å². The standard InChI is InChI=1S/C57H68S8/c1-6-10-14-18-22-40-34-35-58-54(40)48-30-26-44(60-48)45-28-32-50(62-45)56-42(24-20-16-12-8-3)37-52(64-56)53-38-43(25-21-17-13-9-4)57(65-53)51-33-29-47(63-51)46-27-31-49(61-46)55-41(36-39(5)59-55)23-19-15-11-7-2/h26-38H,6-25H2,1-5H3. The highest BCUT2D eigenvalue weighted by molar-refractivity contribution is 7.31. The van der Waals surface area contributed by atoms with Gasteiger partial charge in [0, 0.05) is 73.2 Å². The summed E-state index contributed by atoms with van der Waals surface area (Å²) in [5.41, 5.74) is 6.18. The van der Waals surface area contributed by atoms with Gasteiger partial charge in [-0.05, 0) is 159 Å². The van der Waals surface area contributed by atoms with E-state index in [0.29, 0.717) is 0 Å². The van der Waals surface area contributed by atoms with Gasteiger partial charge in [-0.3, -0.25) is 0 Å². The van der Waals surface area contributed by atoms with E-state index in [2.05, 4.69) is 113 Å². The fourth-order valence-electron chi connectivity index (χ4n) is 8.94. The highest BCUT2D eigenvalue weighted by atomic mass is 32.1. The summed E-state index contributed by atoms with van der Waals surface area (Å²) in [7, 11) is 0. The van der Waals surface area contributed by atoms with Crippen LogP contribution in [0.5, 0.6) is 0 Å². The van der Waals surface area contributed by atoms with Crippen LogP contribution in [0.4, 0.5) is 0 Å². The maximum absolute atomic E-state index is 2.59. The smallest absolute Gasteiger partial charge is 0.0481 e. The second-order valence-electron chi connectivity index (χ2n) is 17.8. The molecule has 0 spiro atoms. The van der Waals surface area contributed by atoms with Gasteiger partial charge in [-0.2, -0.15) is 0 Å². The van der Waals surface area contributed by atoms with Gasteiger partial charge in [-0.1, -0.05) is 105 Å². The van der Waals surface area contributed by atoms with Crippen LogP contribution in [0.1, 0.15) is 158 Å². The molecule has 0 aliphatic heterocycles. The lowest BCUT2D eigenvalue weighted by Crippen LogP contribution is -1.85. The van der Waals surface area contributed by atoms with Crippen molar-refractivity contribution in [3.05, 3.63) is 105 Å². The Kier molecular flexibility index (Phi) is 18.7. The molecule has 0 saturated carbocycles. The molecule has 0 N–H and O–H groups in total. The van der Waals surface area contributed by atoms with Crippen LogP contribution >= 0.6 is 90.7 Å². The summed E-state index contributed by atoms with van der Waals surface area (Å²) in [6.07, 6.45) is 25.6. The summed E-state index contributed by atoms with van der Waals surface area (Å²) >= 11 is 16.0. The van der Waals surface area contributed by atoms with Gasteiger partial charge >= 0.3 is 0 Å². The minimum atomic E-state index is 1.16. The highest BCUT2D eigenvalue weighted by Crippen LogP contribution is 2.51. The van der Waals surface area contributed by atoms with E-state index in [1.807, 2.05) is 90.7 Å². The molecule has 8 heteroatoms. The van der Waals surface area contributed by atoms with Crippen LogP contribution in [0.15, 0.2) is 78.2 Å². The molecular weight excluding hydrogens is 941 g/mol. The number of hydrogen-bond acceptors (Lipinski definition) is 8. The van der Waals surface area contributed by atoms with E-state index in [0.717, 1.165) is 12.8 Å². The zero-order valence-electron chi connectivity index (χ0n) is 39.4. The van der Waals surface area contributed by atoms with E-state index < -0.39 is 0 Å². The Balaban J connectivity index is 1.06. The van der Waals surface area contributed by atoms with E-state index in [-0.39, 0.29) is 0 Å². The van der Waals surface area contributed by atoms with E-state index in [1.165, 1.54) is 194 Å². The second-order valence-corrected chi connectivity index (χ2v) is 26.4. The molecule has 0 radical (unpaired) electrons. The molecule has 0 aliphatic carbocycles. The molecule has 0 atom stereocenters. The summed E-state index contributed by atoms with van der Waals surface area (Å²) in [5.74, 6) is 0. The Morgan fingerprint density at radius 1 is 0.292 bits per heavy atom. The molecule has 344 valence electrons. The van der Waals surface area contributed by atoms with Crippen LogP contribution in [-0.4, -0.2) is 0 Å². The first-order chi connectivity index (χ1) is 32.0. The van der Waals surface area contributed by atoms with E-state index in [4.69, 9.17) is 0 Å². The van der Waals surface area contributed by atoms with Crippen molar-refractivity contribution in [1.29, 1.82) is 0 Å². The molecule has 0 fully saturated rings. The number of thiophene rings is 8. The Hall–Kier alpha value is -2.40. The predicted molar refractivity (Wildman–Crippen MR) is 304 cm³/mol. The first-order valence-corrected chi connectivity index (χ1v) is 31.4. The lowest BCUT2D eigenvalue weighted by atomic mass is 10.0. The lowest BCUT2D eigenvalue weighted by molar-refractivity contribution is 0.668. The van der Waals surface area contributed by atoms with Gasteiger partial charge in [0.2, 0.25) is 0 Å². The topological polar surface area (TPSA) is 0 Å². The molecule has 65 heavy (non-hydrogen) atoms. The van der Waals surface area contributed by atoms with E-state index in [9.17, 15) is 0 Å². The minimum absolute atomic E-state index is 1.16. The first kappa shape index (κ1) is 49.0. The van der Waals surface area contributed by atoms with Crippen molar-refractivity contribution in [2.75, 3.05) is 0 Å². The Labute approximate surface area is 423 Å². The summed E-state index contributed by atoms with van der Waals surface area (Å²) in [4.78, 5) is 21.6. The number of rotatable bonds is 27. The molecule has 0 unspecified atom stereocenters. The van der Waals surface area contributed by atoms with Gasteiger partial charge in [-0.25, -0.2) is 0 Å². The van der Waals surface area contributed by atoms with Crippen molar-refractivity contribution in [2.24, 2.45) is 0 Å². The Morgan fingerprint density at radius 3 is 1.03 bits per heavy atom. The van der Waals surface area contributed by atoms with Gasteiger partial charge < -0.3 is 0 Å². The molecule has 0 bridgehead atoms. The average Bonchev–Trinajstić information content (AvgIpc) is 4.16. The summed E-state index contributed by atoms with van der Waals surface area (Å²) in [6.45, 7) is 11.5. The van der Waals surface area contributed by atoms with Crippen molar-refractivity contribution < 1.29 is 0 Å². The average molecular weight is 1010 g/mol. The van der Waals surface area contributed by atoms with Gasteiger partial charge in [0.1, 0.15) is 0 Å². The SMILES string of the molecule is CCCCCCc1ccsc1-c1ccc(-c2ccc(-c3sc(-c4cc(CCCCCC)c(-c5ccc(-c6ccc(-c7sc(C)cc7CCCCCC)s6)s5)s4)cc3CCCCCC)s2)s1. The van der Waals surface area contributed by atoms with Crippen molar-refractivity contribution >= 4 is 90.7 Å². The first-order valence-electron chi connectivity index (χ1n) is 24.8. The quantitative estimate of drug-likeness (QED) is 0.0450.